The molecule has 0 aliphatic rings. The van der Waals surface area contributed by atoms with Crippen molar-refractivity contribution in [2.75, 3.05) is 0 Å². The van der Waals surface area contributed by atoms with Crippen molar-refractivity contribution in [2.45, 2.75) is 5.16 Å². The molecule has 0 saturated carbocycles. The van der Waals surface area contributed by atoms with Gasteiger partial charge < -0.3 is 0 Å². The normalized spacial score (nSPS) is 11.6. The molecule has 0 bridgehead atoms. The Hall–Kier alpha value is -1.52. The first-order valence-electron chi connectivity index (χ1n) is 3.99. The summed E-state index contributed by atoms with van der Waals surface area (Å²) in [7, 11) is 1.06. The third kappa shape index (κ3) is 2.43. The third-order valence-corrected chi connectivity index (χ3v) is 3.80. The van der Waals surface area contributed by atoms with E-state index in [9.17, 15) is 18.5 Å². The van der Waals surface area contributed by atoms with Crippen molar-refractivity contribution in [2.24, 2.45) is 0 Å². The van der Waals surface area contributed by atoms with Crippen LogP contribution in [-0.4, -0.2) is 28.5 Å². The maximum atomic E-state index is 10.9. The zero-order valence-corrected chi connectivity index (χ0v) is 10.2. The van der Waals surface area contributed by atoms with Crippen LogP contribution in [0, 0.1) is 10.1 Å². The molecule has 2 aromatic rings. The van der Waals surface area contributed by atoms with Crippen molar-refractivity contribution in [1.29, 1.82) is 0 Å². The molecule has 0 unspecified atom stereocenters. The van der Waals surface area contributed by atoms with E-state index in [2.05, 4.69) is 15.2 Å². The summed E-state index contributed by atoms with van der Waals surface area (Å²) >= 11 is 0.836. The minimum Gasteiger partial charge on any atom is -0.258 e. The van der Waals surface area contributed by atoms with Crippen molar-refractivity contribution >= 4 is 36.1 Å². The highest BCUT2D eigenvalue weighted by Crippen LogP contribution is 2.30. The Morgan fingerprint density at radius 1 is 1.47 bits per heavy atom. The van der Waals surface area contributed by atoms with Crippen LogP contribution in [0.4, 0.5) is 5.00 Å². The molecule has 0 saturated heterocycles. The number of thiophene rings is 1. The van der Waals surface area contributed by atoms with Crippen LogP contribution in [0.1, 0.15) is 0 Å². The summed E-state index contributed by atoms with van der Waals surface area (Å²) < 4.78 is 21.8. The van der Waals surface area contributed by atoms with E-state index in [0.717, 1.165) is 11.3 Å². The number of hydrogen-bond acceptors (Lipinski definition) is 7. The van der Waals surface area contributed by atoms with Crippen molar-refractivity contribution in [3.63, 3.8) is 0 Å². The van der Waals surface area contributed by atoms with E-state index >= 15 is 0 Å². The van der Waals surface area contributed by atoms with E-state index in [-0.39, 0.29) is 10.8 Å². The monoisotopic (exact) mass is 294 g/mol. The summed E-state index contributed by atoms with van der Waals surface area (Å²) in [6.45, 7) is 0. The van der Waals surface area contributed by atoms with Crippen molar-refractivity contribution in [1.82, 2.24) is 15.2 Å². The van der Waals surface area contributed by atoms with E-state index in [1.54, 1.807) is 0 Å². The van der Waals surface area contributed by atoms with Gasteiger partial charge in [0.05, 0.1) is 9.80 Å². The van der Waals surface area contributed by atoms with Gasteiger partial charge in [0.15, 0.2) is 5.82 Å². The summed E-state index contributed by atoms with van der Waals surface area (Å²) in [6.07, 6.45) is 0. The Labute approximate surface area is 103 Å². The number of hydrogen-bond donors (Lipinski definition) is 1. The quantitative estimate of drug-likeness (QED) is 0.518. The highest BCUT2D eigenvalue weighted by Gasteiger charge is 2.19. The molecule has 2 heterocycles. The van der Waals surface area contributed by atoms with Gasteiger partial charge in [-0.2, -0.15) is 10.1 Å². The first-order valence-corrected chi connectivity index (χ1v) is 7.12. The molecular formula is C6H3ClN4O4S2. The summed E-state index contributed by atoms with van der Waals surface area (Å²) in [6, 6.07) is 2.71. The van der Waals surface area contributed by atoms with Gasteiger partial charge in [0.25, 0.3) is 14.2 Å². The van der Waals surface area contributed by atoms with Crippen LogP contribution in [-0.2, 0) is 9.05 Å². The standard InChI is InChI=1S/C6H3ClN4O4S2/c7-17(14,15)6-8-5(9-10-6)3-1-2-4(16-3)11(12)13/h1-2H,(H,8,9,10). The van der Waals surface area contributed by atoms with Gasteiger partial charge in [-0.3, -0.25) is 10.1 Å². The molecule has 2 aromatic heterocycles. The molecule has 0 aliphatic heterocycles. The SMILES string of the molecule is O=[N+]([O-])c1ccc(-c2n[nH]c(S(=O)(=O)Cl)n2)s1. The molecule has 0 atom stereocenters. The molecule has 90 valence electrons. The Balaban J connectivity index is 2.40. The molecule has 11 heteroatoms. The number of aromatic nitrogens is 3. The Bertz CT molecular complexity index is 676. The maximum Gasteiger partial charge on any atom is 0.324 e. The number of nitrogens with one attached hydrogen (secondary N) is 1. The number of H-pyrrole nitrogens is 1. The lowest BCUT2D eigenvalue weighted by atomic mass is 10.4. The minimum absolute atomic E-state index is 0.0438. The Kier molecular flexibility index (Phi) is 2.85. The third-order valence-electron chi connectivity index (χ3n) is 1.69. The van der Waals surface area contributed by atoms with Crippen LogP contribution < -0.4 is 0 Å². The largest absolute Gasteiger partial charge is 0.324 e. The fourth-order valence-electron chi connectivity index (χ4n) is 1.01. The lowest BCUT2D eigenvalue weighted by Crippen LogP contribution is -1.92. The smallest absolute Gasteiger partial charge is 0.258 e. The number of aromatic amines is 1. The van der Waals surface area contributed by atoms with Crippen LogP contribution in [0.5, 0.6) is 0 Å². The van der Waals surface area contributed by atoms with Crippen LogP contribution in [0.15, 0.2) is 17.3 Å². The van der Waals surface area contributed by atoms with Gasteiger partial charge in [0.2, 0.25) is 0 Å². The number of halogens is 1. The van der Waals surface area contributed by atoms with Crippen LogP contribution in [0.3, 0.4) is 0 Å². The molecule has 0 aromatic carbocycles. The highest BCUT2D eigenvalue weighted by atomic mass is 35.7. The van der Waals surface area contributed by atoms with Gasteiger partial charge >= 0.3 is 5.00 Å². The lowest BCUT2D eigenvalue weighted by Gasteiger charge is -1.85. The van der Waals surface area contributed by atoms with Gasteiger partial charge in [-0.1, -0.05) is 11.3 Å². The van der Waals surface area contributed by atoms with Gasteiger partial charge in [-0.15, -0.1) is 0 Å². The number of nitrogens with zero attached hydrogens (tertiary/aromatic N) is 3. The zero-order chi connectivity index (χ0) is 12.6. The first-order chi connectivity index (χ1) is 7.88. The average molecular weight is 295 g/mol. The van der Waals surface area contributed by atoms with Gasteiger partial charge in [-0.25, -0.2) is 13.5 Å². The predicted octanol–water partition coefficient (Wildman–Crippen LogP) is 1.37. The Morgan fingerprint density at radius 3 is 2.65 bits per heavy atom. The molecule has 0 amide bonds. The number of rotatable bonds is 3. The molecule has 0 aliphatic carbocycles. The van der Waals surface area contributed by atoms with Gasteiger partial charge in [-0.05, 0) is 6.07 Å². The number of nitro groups is 1. The zero-order valence-electron chi connectivity index (χ0n) is 7.82. The maximum absolute atomic E-state index is 10.9. The van der Waals surface area contributed by atoms with Crippen molar-refractivity contribution in [3.05, 3.63) is 22.2 Å². The van der Waals surface area contributed by atoms with E-state index < -0.39 is 19.1 Å². The highest BCUT2D eigenvalue weighted by molar-refractivity contribution is 8.13. The van der Waals surface area contributed by atoms with Crippen LogP contribution in [0.25, 0.3) is 10.7 Å². The minimum atomic E-state index is -3.99. The molecule has 1 N–H and O–H groups in total. The molecule has 17 heavy (non-hydrogen) atoms. The first kappa shape index (κ1) is 12.0. The van der Waals surface area contributed by atoms with E-state index in [4.69, 9.17) is 10.7 Å². The fourth-order valence-corrected chi connectivity index (χ4v) is 2.32. The summed E-state index contributed by atoms with van der Waals surface area (Å²) in [5.41, 5.74) is 0. The summed E-state index contributed by atoms with van der Waals surface area (Å²) in [5.74, 6) is 0.0438. The van der Waals surface area contributed by atoms with E-state index in [0.29, 0.717) is 4.88 Å². The topological polar surface area (TPSA) is 119 Å². The molecule has 2 rings (SSSR count). The molecular weight excluding hydrogens is 292 g/mol. The van der Waals surface area contributed by atoms with Crippen LogP contribution in [0.2, 0.25) is 0 Å². The second-order valence-corrected chi connectivity index (χ2v) is 6.34. The average Bonchev–Trinajstić information content (AvgIpc) is 2.85. The second kappa shape index (κ2) is 4.05. The molecule has 0 spiro atoms. The molecule has 0 fully saturated rings. The predicted molar refractivity (Wildman–Crippen MR) is 59.4 cm³/mol. The molecule has 8 nitrogen and oxygen atoms in total. The van der Waals surface area contributed by atoms with Crippen LogP contribution >= 0.6 is 22.0 Å². The lowest BCUT2D eigenvalue weighted by molar-refractivity contribution is -0.380. The van der Waals surface area contributed by atoms with Crippen molar-refractivity contribution in [3.8, 4) is 10.7 Å². The Morgan fingerprint density at radius 2 is 2.18 bits per heavy atom. The van der Waals surface area contributed by atoms with E-state index in [1.165, 1.54) is 12.1 Å². The summed E-state index contributed by atoms with van der Waals surface area (Å²) in [4.78, 5) is 13.9. The van der Waals surface area contributed by atoms with Gasteiger partial charge in [0.1, 0.15) is 0 Å². The fraction of sp³-hybridized carbons (Fsp3) is 0. The molecule has 0 radical (unpaired) electrons. The van der Waals surface area contributed by atoms with Crippen molar-refractivity contribution < 1.29 is 13.3 Å². The van der Waals surface area contributed by atoms with Gasteiger partial charge in [0, 0.05) is 16.7 Å². The van der Waals surface area contributed by atoms with E-state index in [1.807, 2.05) is 0 Å². The second-order valence-electron chi connectivity index (χ2n) is 2.80. The summed E-state index contributed by atoms with van der Waals surface area (Å²) in [5, 5.41) is 15.6.